The molecule has 1 saturated heterocycles. The standard InChI is InChI=1S/C17H19FN4O2/c18-14-9-15(19)13(7-12(14)10-23)17(20)11-1-2-21-16(8-11)22-3-5-24-6-4-22/h1-2,7-9,20,23H,3-6,10,19H2. The van der Waals surface area contributed by atoms with E-state index in [0.29, 0.717) is 24.3 Å². The van der Waals surface area contributed by atoms with E-state index in [4.69, 9.17) is 15.9 Å². The number of nitrogens with two attached hydrogens (primary N) is 1. The summed E-state index contributed by atoms with van der Waals surface area (Å²) >= 11 is 0. The summed E-state index contributed by atoms with van der Waals surface area (Å²) in [5, 5.41) is 17.6. The molecule has 1 aromatic heterocycles. The van der Waals surface area contributed by atoms with Crippen LogP contribution in [0.15, 0.2) is 30.5 Å². The number of hydrogen-bond acceptors (Lipinski definition) is 6. The summed E-state index contributed by atoms with van der Waals surface area (Å²) in [5.41, 5.74) is 7.33. The zero-order valence-electron chi connectivity index (χ0n) is 13.1. The highest BCUT2D eigenvalue weighted by Gasteiger charge is 2.16. The fourth-order valence-electron chi connectivity index (χ4n) is 2.67. The van der Waals surface area contributed by atoms with Crippen molar-refractivity contribution < 1.29 is 14.2 Å². The first kappa shape index (κ1) is 16.4. The lowest BCUT2D eigenvalue weighted by Crippen LogP contribution is -2.36. The molecule has 7 heteroatoms. The van der Waals surface area contributed by atoms with Gasteiger partial charge in [0.05, 0.1) is 25.5 Å². The van der Waals surface area contributed by atoms with Gasteiger partial charge in [-0.15, -0.1) is 0 Å². The van der Waals surface area contributed by atoms with Crippen LogP contribution in [0.1, 0.15) is 16.7 Å². The molecule has 0 atom stereocenters. The number of aliphatic hydroxyl groups excluding tert-OH is 1. The molecule has 1 aliphatic rings. The maximum Gasteiger partial charge on any atom is 0.130 e. The molecule has 1 fully saturated rings. The predicted octanol–water partition coefficient (Wildman–Crippen LogP) is 1.55. The van der Waals surface area contributed by atoms with Crippen molar-refractivity contribution in [1.82, 2.24) is 4.98 Å². The average molecular weight is 330 g/mol. The van der Waals surface area contributed by atoms with Gasteiger partial charge in [-0.05, 0) is 24.3 Å². The van der Waals surface area contributed by atoms with Crippen LogP contribution in [0.25, 0.3) is 0 Å². The number of nitrogens with one attached hydrogen (secondary N) is 1. The van der Waals surface area contributed by atoms with Gasteiger partial charge in [0, 0.05) is 41.7 Å². The monoisotopic (exact) mass is 330 g/mol. The molecule has 2 heterocycles. The van der Waals surface area contributed by atoms with Crippen LogP contribution in [0.2, 0.25) is 0 Å². The summed E-state index contributed by atoms with van der Waals surface area (Å²) in [6, 6.07) is 6.09. The van der Waals surface area contributed by atoms with Crippen LogP contribution in [0.3, 0.4) is 0 Å². The van der Waals surface area contributed by atoms with Crippen LogP contribution in [0.5, 0.6) is 0 Å². The number of hydrogen-bond donors (Lipinski definition) is 3. The number of aliphatic hydroxyl groups is 1. The summed E-state index contributed by atoms with van der Waals surface area (Å²) < 4.78 is 19.0. The predicted molar refractivity (Wildman–Crippen MR) is 89.9 cm³/mol. The molecule has 0 aliphatic carbocycles. The van der Waals surface area contributed by atoms with Gasteiger partial charge in [0.15, 0.2) is 0 Å². The quantitative estimate of drug-likeness (QED) is 0.584. The number of ether oxygens (including phenoxy) is 1. The van der Waals surface area contributed by atoms with Crippen molar-refractivity contribution in [1.29, 1.82) is 5.41 Å². The molecule has 2 aromatic rings. The summed E-state index contributed by atoms with van der Waals surface area (Å²) in [7, 11) is 0. The van der Waals surface area contributed by atoms with Crippen molar-refractivity contribution in [2.24, 2.45) is 0 Å². The molecule has 1 aromatic carbocycles. The number of rotatable bonds is 4. The number of nitrogen functional groups attached to an aromatic ring is 1. The van der Waals surface area contributed by atoms with Crippen molar-refractivity contribution in [2.45, 2.75) is 6.61 Å². The zero-order valence-corrected chi connectivity index (χ0v) is 13.1. The van der Waals surface area contributed by atoms with Crippen molar-refractivity contribution in [3.05, 3.63) is 53.0 Å². The molecule has 126 valence electrons. The molecule has 6 nitrogen and oxygen atoms in total. The highest BCUT2D eigenvalue weighted by molar-refractivity contribution is 6.14. The second-order valence-electron chi connectivity index (χ2n) is 5.57. The largest absolute Gasteiger partial charge is 0.398 e. The Morgan fingerprint density at radius 3 is 2.79 bits per heavy atom. The van der Waals surface area contributed by atoms with E-state index in [2.05, 4.69) is 9.88 Å². The lowest BCUT2D eigenvalue weighted by molar-refractivity contribution is 0.122. The van der Waals surface area contributed by atoms with E-state index in [1.807, 2.05) is 6.07 Å². The van der Waals surface area contributed by atoms with Gasteiger partial charge in [0.1, 0.15) is 11.6 Å². The summed E-state index contributed by atoms with van der Waals surface area (Å²) in [5.74, 6) is 0.193. The topological polar surface area (TPSA) is 95.5 Å². The first-order valence-electron chi connectivity index (χ1n) is 7.67. The van der Waals surface area contributed by atoms with Gasteiger partial charge >= 0.3 is 0 Å². The molecule has 0 spiro atoms. The van der Waals surface area contributed by atoms with Crippen LogP contribution < -0.4 is 10.6 Å². The fourth-order valence-corrected chi connectivity index (χ4v) is 2.67. The summed E-state index contributed by atoms with van der Waals surface area (Å²) in [4.78, 5) is 6.44. The number of aromatic nitrogens is 1. The molecule has 24 heavy (non-hydrogen) atoms. The van der Waals surface area contributed by atoms with E-state index in [0.717, 1.165) is 25.0 Å². The number of morpholine rings is 1. The van der Waals surface area contributed by atoms with E-state index in [9.17, 15) is 9.50 Å². The van der Waals surface area contributed by atoms with Crippen LogP contribution in [0.4, 0.5) is 15.9 Å². The smallest absolute Gasteiger partial charge is 0.130 e. The summed E-state index contributed by atoms with van der Waals surface area (Å²) in [6.45, 7) is 2.35. The highest BCUT2D eigenvalue weighted by Crippen LogP contribution is 2.23. The van der Waals surface area contributed by atoms with E-state index < -0.39 is 12.4 Å². The molecular weight excluding hydrogens is 311 g/mol. The first-order chi connectivity index (χ1) is 11.6. The van der Waals surface area contributed by atoms with Gasteiger partial charge < -0.3 is 20.5 Å². The molecule has 0 amide bonds. The highest BCUT2D eigenvalue weighted by atomic mass is 19.1. The number of halogens is 1. The molecule has 3 rings (SSSR count). The van der Waals surface area contributed by atoms with E-state index in [-0.39, 0.29) is 17.0 Å². The SMILES string of the molecule is N=C(c1ccnc(N2CCOCC2)c1)c1cc(CO)c(F)cc1N. The molecule has 0 unspecified atom stereocenters. The minimum Gasteiger partial charge on any atom is -0.398 e. The molecule has 0 saturated carbocycles. The Morgan fingerprint density at radius 1 is 1.33 bits per heavy atom. The van der Waals surface area contributed by atoms with Gasteiger partial charge in [-0.1, -0.05) is 0 Å². The second kappa shape index (κ2) is 6.94. The number of nitrogens with zero attached hydrogens (tertiary/aromatic N) is 2. The van der Waals surface area contributed by atoms with Gasteiger partial charge in [0.2, 0.25) is 0 Å². The molecule has 1 aliphatic heterocycles. The Morgan fingerprint density at radius 2 is 2.08 bits per heavy atom. The Labute approximate surface area is 139 Å². The third-order valence-corrected chi connectivity index (χ3v) is 4.03. The van der Waals surface area contributed by atoms with Gasteiger partial charge in [-0.3, -0.25) is 5.41 Å². The Hall–Kier alpha value is -2.51. The molecule has 0 radical (unpaired) electrons. The lowest BCUT2D eigenvalue weighted by Gasteiger charge is -2.28. The Kier molecular flexibility index (Phi) is 4.73. The maximum atomic E-state index is 13.7. The van der Waals surface area contributed by atoms with Gasteiger partial charge in [-0.2, -0.15) is 0 Å². The van der Waals surface area contributed by atoms with Crippen molar-refractivity contribution in [3.8, 4) is 0 Å². The first-order valence-corrected chi connectivity index (χ1v) is 7.67. The minimum absolute atomic E-state index is 0.117. The normalized spacial score (nSPS) is 14.7. The number of pyridine rings is 1. The van der Waals surface area contributed by atoms with Crippen LogP contribution in [-0.4, -0.2) is 42.1 Å². The maximum absolute atomic E-state index is 13.7. The van der Waals surface area contributed by atoms with Gasteiger partial charge in [-0.25, -0.2) is 9.37 Å². The van der Waals surface area contributed by atoms with Gasteiger partial charge in [0.25, 0.3) is 0 Å². The third kappa shape index (κ3) is 3.22. The zero-order chi connectivity index (χ0) is 17.1. The average Bonchev–Trinajstić information content (AvgIpc) is 2.62. The number of benzene rings is 1. The van der Waals surface area contributed by atoms with Crippen LogP contribution in [-0.2, 0) is 11.3 Å². The second-order valence-corrected chi connectivity index (χ2v) is 5.57. The Balaban J connectivity index is 1.93. The number of anilines is 2. The van der Waals surface area contributed by atoms with E-state index >= 15 is 0 Å². The molecule has 4 N–H and O–H groups in total. The fraction of sp³-hybridized carbons (Fsp3) is 0.294. The van der Waals surface area contributed by atoms with E-state index in [1.165, 1.54) is 6.07 Å². The minimum atomic E-state index is -0.574. The third-order valence-electron chi connectivity index (χ3n) is 4.03. The van der Waals surface area contributed by atoms with Crippen LogP contribution in [0, 0.1) is 11.2 Å². The van der Waals surface area contributed by atoms with Crippen LogP contribution >= 0.6 is 0 Å². The summed E-state index contributed by atoms with van der Waals surface area (Å²) in [6.07, 6.45) is 1.64. The Bertz CT molecular complexity index is 760. The molecular formula is C17H19FN4O2. The lowest BCUT2D eigenvalue weighted by atomic mass is 9.99. The van der Waals surface area contributed by atoms with Crippen molar-refractivity contribution in [2.75, 3.05) is 36.9 Å². The van der Waals surface area contributed by atoms with E-state index in [1.54, 1.807) is 12.3 Å². The molecule has 0 bridgehead atoms. The van der Waals surface area contributed by atoms with Crippen molar-refractivity contribution >= 4 is 17.2 Å². The van der Waals surface area contributed by atoms with Crippen molar-refractivity contribution in [3.63, 3.8) is 0 Å².